The van der Waals surface area contributed by atoms with E-state index < -0.39 is 23.6 Å². The number of Topliss-reactive ketones (excluding diaryl/α,β-unsaturated/α-hetero) is 1. The molecule has 0 atom stereocenters. The molecule has 0 aliphatic heterocycles. The van der Waals surface area contributed by atoms with Gasteiger partial charge in [0, 0.05) is 4.47 Å². The van der Waals surface area contributed by atoms with Crippen molar-refractivity contribution in [2.75, 3.05) is 0 Å². The molecule has 0 aliphatic rings. The molecule has 1 rings (SSSR count). The second kappa shape index (κ2) is 4.13. The molecule has 0 amide bonds. The Morgan fingerprint density at radius 1 is 1.43 bits per heavy atom. The molecule has 0 aromatic heterocycles. The number of hydrogen-bond acceptors (Lipinski definition) is 1. The first-order valence-corrected chi connectivity index (χ1v) is 4.51. The minimum atomic E-state index is -2.94. The van der Waals surface area contributed by atoms with E-state index in [1.807, 2.05) is 0 Å². The molecule has 0 fully saturated rings. The quantitative estimate of drug-likeness (QED) is 0.746. The molecule has 0 saturated heterocycles. The number of carbonyl (C=O) groups is 1. The molecule has 0 bridgehead atoms. The van der Waals surface area contributed by atoms with E-state index in [9.17, 15) is 18.0 Å². The Kier molecular flexibility index (Phi) is 3.31. The van der Waals surface area contributed by atoms with Crippen molar-refractivity contribution in [1.29, 1.82) is 0 Å². The van der Waals surface area contributed by atoms with E-state index in [2.05, 4.69) is 15.9 Å². The standard InChI is InChI=1S/C9H6BrF3O/c1-4(14)5-2-3-6(10)7(8(5)11)9(12)13/h2-3,9H,1H3. The molecule has 76 valence electrons. The highest BCUT2D eigenvalue weighted by atomic mass is 79.9. The maximum atomic E-state index is 13.3. The third-order valence-electron chi connectivity index (χ3n) is 1.72. The lowest BCUT2D eigenvalue weighted by molar-refractivity contribution is 0.101. The zero-order valence-electron chi connectivity index (χ0n) is 7.15. The molecule has 14 heavy (non-hydrogen) atoms. The van der Waals surface area contributed by atoms with Crippen LogP contribution in [0, 0.1) is 5.82 Å². The molecule has 0 radical (unpaired) electrons. The first-order valence-electron chi connectivity index (χ1n) is 3.72. The van der Waals surface area contributed by atoms with Gasteiger partial charge in [0.15, 0.2) is 5.78 Å². The van der Waals surface area contributed by atoms with Crippen LogP contribution in [0.5, 0.6) is 0 Å². The highest BCUT2D eigenvalue weighted by Crippen LogP contribution is 2.31. The molecule has 0 heterocycles. The molecule has 1 nitrogen and oxygen atoms in total. The first-order chi connectivity index (χ1) is 6.45. The van der Waals surface area contributed by atoms with Crippen molar-refractivity contribution in [3.8, 4) is 0 Å². The van der Waals surface area contributed by atoms with Gasteiger partial charge in [-0.15, -0.1) is 0 Å². The van der Waals surface area contributed by atoms with Crippen molar-refractivity contribution in [3.05, 3.63) is 33.5 Å². The van der Waals surface area contributed by atoms with Crippen LogP contribution in [0.3, 0.4) is 0 Å². The van der Waals surface area contributed by atoms with Gasteiger partial charge >= 0.3 is 0 Å². The summed E-state index contributed by atoms with van der Waals surface area (Å²) in [6, 6.07) is 2.41. The zero-order chi connectivity index (χ0) is 10.9. The largest absolute Gasteiger partial charge is 0.294 e. The van der Waals surface area contributed by atoms with Gasteiger partial charge in [0.05, 0.1) is 11.1 Å². The summed E-state index contributed by atoms with van der Waals surface area (Å²) in [6.07, 6.45) is -2.94. The van der Waals surface area contributed by atoms with Gasteiger partial charge in [-0.1, -0.05) is 15.9 Å². The molecular weight excluding hydrogens is 261 g/mol. The fourth-order valence-electron chi connectivity index (χ4n) is 1.04. The maximum absolute atomic E-state index is 13.3. The molecule has 1 aromatic rings. The van der Waals surface area contributed by atoms with Crippen LogP contribution in [0.4, 0.5) is 13.2 Å². The Morgan fingerprint density at radius 2 is 2.00 bits per heavy atom. The first kappa shape index (κ1) is 11.2. The van der Waals surface area contributed by atoms with Crippen molar-refractivity contribution >= 4 is 21.7 Å². The highest BCUT2D eigenvalue weighted by molar-refractivity contribution is 9.10. The maximum Gasteiger partial charge on any atom is 0.267 e. The summed E-state index contributed by atoms with van der Waals surface area (Å²) in [6.45, 7) is 1.13. The average Bonchev–Trinajstić information content (AvgIpc) is 2.02. The van der Waals surface area contributed by atoms with Crippen molar-refractivity contribution < 1.29 is 18.0 Å². The van der Waals surface area contributed by atoms with E-state index in [0.29, 0.717) is 0 Å². The van der Waals surface area contributed by atoms with Gasteiger partial charge in [0.25, 0.3) is 6.43 Å². The van der Waals surface area contributed by atoms with Crippen LogP contribution in [0.2, 0.25) is 0 Å². The van der Waals surface area contributed by atoms with Crippen LogP contribution in [0.25, 0.3) is 0 Å². The lowest BCUT2D eigenvalue weighted by Gasteiger charge is -2.07. The van der Waals surface area contributed by atoms with Crippen LogP contribution in [0.1, 0.15) is 29.3 Å². The van der Waals surface area contributed by atoms with Crippen molar-refractivity contribution in [2.24, 2.45) is 0 Å². The summed E-state index contributed by atoms with van der Waals surface area (Å²) in [5, 5.41) is 0. The van der Waals surface area contributed by atoms with E-state index in [0.717, 1.165) is 6.92 Å². The molecular formula is C9H6BrF3O. The summed E-state index contributed by atoms with van der Waals surface area (Å²) in [4.78, 5) is 10.9. The Morgan fingerprint density at radius 3 is 2.43 bits per heavy atom. The second-order valence-corrected chi connectivity index (χ2v) is 3.53. The Labute approximate surface area is 87.1 Å². The molecule has 0 aliphatic carbocycles. The summed E-state index contributed by atoms with van der Waals surface area (Å²) in [5.41, 5.74) is -1.08. The number of halogens is 4. The smallest absolute Gasteiger partial charge is 0.267 e. The van der Waals surface area contributed by atoms with Crippen LogP contribution in [-0.2, 0) is 0 Å². The number of alkyl halides is 2. The van der Waals surface area contributed by atoms with Crippen molar-refractivity contribution in [2.45, 2.75) is 13.3 Å². The van der Waals surface area contributed by atoms with E-state index in [1.54, 1.807) is 0 Å². The van der Waals surface area contributed by atoms with Gasteiger partial charge in [-0.3, -0.25) is 4.79 Å². The van der Waals surface area contributed by atoms with Crippen LogP contribution >= 0.6 is 15.9 Å². The SMILES string of the molecule is CC(=O)c1ccc(Br)c(C(F)F)c1F. The number of hydrogen-bond donors (Lipinski definition) is 0. The van der Waals surface area contributed by atoms with E-state index >= 15 is 0 Å². The fraction of sp³-hybridized carbons (Fsp3) is 0.222. The lowest BCUT2D eigenvalue weighted by atomic mass is 10.1. The molecule has 0 N–H and O–H groups in total. The second-order valence-electron chi connectivity index (χ2n) is 2.68. The predicted octanol–water partition coefficient (Wildman–Crippen LogP) is 3.73. The summed E-state index contributed by atoms with van der Waals surface area (Å²) in [7, 11) is 0. The van der Waals surface area contributed by atoms with Crippen molar-refractivity contribution in [3.63, 3.8) is 0 Å². The molecule has 0 spiro atoms. The van der Waals surface area contributed by atoms with Crippen LogP contribution < -0.4 is 0 Å². The third kappa shape index (κ3) is 1.97. The lowest BCUT2D eigenvalue weighted by Crippen LogP contribution is -2.02. The minimum absolute atomic E-state index is 0.0324. The van der Waals surface area contributed by atoms with E-state index in [4.69, 9.17) is 0 Å². The number of ketones is 1. The topological polar surface area (TPSA) is 17.1 Å². The van der Waals surface area contributed by atoms with Crippen LogP contribution in [-0.4, -0.2) is 5.78 Å². The fourth-order valence-corrected chi connectivity index (χ4v) is 1.52. The summed E-state index contributed by atoms with van der Waals surface area (Å²) >= 11 is 2.80. The zero-order valence-corrected chi connectivity index (χ0v) is 8.74. The van der Waals surface area contributed by atoms with Gasteiger partial charge < -0.3 is 0 Å². The molecule has 5 heteroatoms. The molecule has 1 aromatic carbocycles. The highest BCUT2D eigenvalue weighted by Gasteiger charge is 2.21. The summed E-state index contributed by atoms with van der Waals surface area (Å²) < 4.78 is 38.0. The molecule has 0 saturated carbocycles. The molecule has 0 unspecified atom stereocenters. The van der Waals surface area contributed by atoms with Gasteiger partial charge in [-0.25, -0.2) is 13.2 Å². The predicted molar refractivity (Wildman–Crippen MR) is 49.1 cm³/mol. The average molecular weight is 267 g/mol. The number of rotatable bonds is 2. The van der Waals surface area contributed by atoms with Gasteiger partial charge in [0.2, 0.25) is 0 Å². The Bertz CT molecular complexity index is 377. The van der Waals surface area contributed by atoms with Gasteiger partial charge in [0.1, 0.15) is 5.82 Å². The van der Waals surface area contributed by atoms with Crippen LogP contribution in [0.15, 0.2) is 16.6 Å². The minimum Gasteiger partial charge on any atom is -0.294 e. The number of benzene rings is 1. The van der Waals surface area contributed by atoms with Gasteiger partial charge in [-0.05, 0) is 19.1 Å². The van der Waals surface area contributed by atoms with E-state index in [1.165, 1.54) is 12.1 Å². The van der Waals surface area contributed by atoms with Gasteiger partial charge in [-0.2, -0.15) is 0 Å². The Balaban J connectivity index is 3.41. The monoisotopic (exact) mass is 266 g/mol. The normalized spacial score (nSPS) is 10.7. The van der Waals surface area contributed by atoms with Crippen molar-refractivity contribution in [1.82, 2.24) is 0 Å². The summed E-state index contributed by atoms with van der Waals surface area (Å²) in [5.74, 6) is -1.72. The van der Waals surface area contributed by atoms with E-state index in [-0.39, 0.29) is 10.0 Å². The third-order valence-corrected chi connectivity index (χ3v) is 2.42. The Hall–Kier alpha value is -0.840. The number of carbonyl (C=O) groups excluding carboxylic acids is 1.